The summed E-state index contributed by atoms with van der Waals surface area (Å²) in [6.45, 7) is 2.20. The standard InChI is InChI=1S/C13H16N2O3S.H2/c1-2-9-8-19(17,18)15-7-10-5-3-4-6-11(10)14-13(16)12(9)15;/h3-6,9,12H,2,7-8H2,1H3,(H,14,16);1H/t9-,12+;/m1./s1. The van der Waals surface area contributed by atoms with E-state index in [9.17, 15) is 13.2 Å². The van der Waals surface area contributed by atoms with Crippen LogP contribution in [0.25, 0.3) is 0 Å². The molecule has 1 N–H and O–H groups in total. The Kier molecular flexibility index (Phi) is 2.87. The number of nitrogens with zero attached hydrogens (tertiary/aromatic N) is 1. The number of benzene rings is 1. The van der Waals surface area contributed by atoms with E-state index >= 15 is 0 Å². The molecule has 3 rings (SSSR count). The third-order valence-electron chi connectivity index (χ3n) is 3.93. The van der Waals surface area contributed by atoms with Crippen molar-refractivity contribution in [2.75, 3.05) is 11.1 Å². The lowest BCUT2D eigenvalue weighted by Gasteiger charge is -2.21. The molecule has 0 bridgehead atoms. The first-order valence-electron chi connectivity index (χ1n) is 6.41. The minimum Gasteiger partial charge on any atom is -0.324 e. The van der Waals surface area contributed by atoms with Crippen LogP contribution in [-0.2, 0) is 21.4 Å². The van der Waals surface area contributed by atoms with Gasteiger partial charge in [0.2, 0.25) is 15.9 Å². The summed E-state index contributed by atoms with van der Waals surface area (Å²) in [6.07, 6.45) is 0.685. The van der Waals surface area contributed by atoms with Crippen LogP contribution in [0.4, 0.5) is 5.69 Å². The molecule has 1 aromatic carbocycles. The fourth-order valence-electron chi connectivity index (χ4n) is 2.90. The Morgan fingerprint density at radius 3 is 2.89 bits per heavy atom. The van der Waals surface area contributed by atoms with Crippen molar-refractivity contribution < 1.29 is 14.6 Å². The smallest absolute Gasteiger partial charge is 0.243 e. The van der Waals surface area contributed by atoms with Crippen molar-refractivity contribution in [2.24, 2.45) is 5.92 Å². The quantitative estimate of drug-likeness (QED) is 0.847. The second-order valence-electron chi connectivity index (χ2n) is 5.08. The number of amides is 1. The fourth-order valence-corrected chi connectivity index (χ4v) is 5.00. The second kappa shape index (κ2) is 4.31. The van der Waals surface area contributed by atoms with E-state index in [-0.39, 0.29) is 25.5 Å². The first-order valence-corrected chi connectivity index (χ1v) is 8.02. The van der Waals surface area contributed by atoms with Gasteiger partial charge in [-0.05, 0) is 17.5 Å². The molecule has 0 spiro atoms. The van der Waals surface area contributed by atoms with E-state index in [1.807, 2.05) is 31.2 Å². The molecule has 0 radical (unpaired) electrons. The van der Waals surface area contributed by atoms with Crippen molar-refractivity contribution in [1.82, 2.24) is 4.31 Å². The predicted molar refractivity (Wildman–Crippen MR) is 74.1 cm³/mol. The number of anilines is 1. The lowest BCUT2D eigenvalue weighted by Crippen LogP contribution is -2.41. The SMILES string of the molecule is CC[C@@H]1CS(=O)(=O)N2Cc3ccccc3NC(=O)[C@H]12.[HH]. The van der Waals surface area contributed by atoms with Crippen LogP contribution in [-0.4, -0.2) is 30.4 Å². The number of fused-ring (bicyclic) bond motifs is 2. The van der Waals surface area contributed by atoms with E-state index in [1.165, 1.54) is 4.31 Å². The zero-order valence-electron chi connectivity index (χ0n) is 10.7. The van der Waals surface area contributed by atoms with Gasteiger partial charge in [0.1, 0.15) is 6.04 Å². The maximum absolute atomic E-state index is 12.3. The zero-order chi connectivity index (χ0) is 13.6. The summed E-state index contributed by atoms with van der Waals surface area (Å²) in [7, 11) is -3.33. The van der Waals surface area contributed by atoms with Gasteiger partial charge in [-0.25, -0.2) is 8.42 Å². The van der Waals surface area contributed by atoms with Crippen LogP contribution in [0.3, 0.4) is 0 Å². The lowest BCUT2D eigenvalue weighted by molar-refractivity contribution is -0.120. The molecule has 2 heterocycles. The Morgan fingerprint density at radius 2 is 2.16 bits per heavy atom. The molecule has 19 heavy (non-hydrogen) atoms. The van der Waals surface area contributed by atoms with Crippen LogP contribution in [0.5, 0.6) is 0 Å². The predicted octanol–water partition coefficient (Wildman–Crippen LogP) is 1.42. The number of hydrogen-bond donors (Lipinski definition) is 1. The van der Waals surface area contributed by atoms with Crippen molar-refractivity contribution >= 4 is 21.6 Å². The van der Waals surface area contributed by atoms with Crippen LogP contribution in [0.1, 0.15) is 20.3 Å². The van der Waals surface area contributed by atoms with Gasteiger partial charge in [0.15, 0.2) is 0 Å². The van der Waals surface area contributed by atoms with Crippen LogP contribution >= 0.6 is 0 Å². The van der Waals surface area contributed by atoms with Gasteiger partial charge < -0.3 is 5.32 Å². The number of carbonyl (C=O) groups excluding carboxylic acids is 1. The van der Waals surface area contributed by atoms with Crippen molar-refractivity contribution in [3.63, 3.8) is 0 Å². The topological polar surface area (TPSA) is 66.5 Å². The third kappa shape index (κ3) is 1.95. The Bertz CT molecular complexity index is 632. The van der Waals surface area contributed by atoms with E-state index in [2.05, 4.69) is 5.32 Å². The number of hydrogen-bond acceptors (Lipinski definition) is 3. The van der Waals surface area contributed by atoms with Crippen LogP contribution in [0.2, 0.25) is 0 Å². The van der Waals surface area contributed by atoms with E-state index < -0.39 is 16.1 Å². The number of carbonyl (C=O) groups is 1. The molecule has 0 unspecified atom stereocenters. The Balaban J connectivity index is 0.00000147. The molecule has 6 heteroatoms. The maximum Gasteiger partial charge on any atom is 0.243 e. The van der Waals surface area contributed by atoms with Crippen LogP contribution < -0.4 is 5.32 Å². The molecule has 1 amide bonds. The summed E-state index contributed by atoms with van der Waals surface area (Å²) < 4.78 is 25.8. The van der Waals surface area contributed by atoms with E-state index in [1.54, 1.807) is 0 Å². The Morgan fingerprint density at radius 1 is 1.42 bits per heavy atom. The van der Waals surface area contributed by atoms with Gasteiger partial charge >= 0.3 is 0 Å². The normalized spacial score (nSPS) is 29.2. The van der Waals surface area contributed by atoms with E-state index in [4.69, 9.17) is 0 Å². The molecule has 104 valence electrons. The van der Waals surface area contributed by atoms with Gasteiger partial charge in [-0.2, -0.15) is 4.31 Å². The van der Waals surface area contributed by atoms with Gasteiger partial charge in [0, 0.05) is 13.7 Å². The van der Waals surface area contributed by atoms with Gasteiger partial charge in [-0.1, -0.05) is 31.5 Å². The fraction of sp³-hybridized carbons (Fsp3) is 0.462. The van der Waals surface area contributed by atoms with Gasteiger partial charge in [-0.3, -0.25) is 4.79 Å². The summed E-state index contributed by atoms with van der Waals surface area (Å²) in [4.78, 5) is 12.3. The number of nitrogens with one attached hydrogen (secondary N) is 1. The zero-order valence-corrected chi connectivity index (χ0v) is 11.5. The molecular weight excluding hydrogens is 264 g/mol. The van der Waals surface area contributed by atoms with Crippen LogP contribution in [0, 0.1) is 5.92 Å². The molecular formula is C13H18N2O3S. The largest absolute Gasteiger partial charge is 0.324 e. The summed E-state index contributed by atoms with van der Waals surface area (Å²) in [5, 5.41) is 2.85. The molecule has 0 aromatic heterocycles. The highest BCUT2D eigenvalue weighted by molar-refractivity contribution is 7.89. The summed E-state index contributed by atoms with van der Waals surface area (Å²) >= 11 is 0. The lowest BCUT2D eigenvalue weighted by atomic mass is 9.98. The van der Waals surface area contributed by atoms with Crippen molar-refractivity contribution in [2.45, 2.75) is 25.9 Å². The third-order valence-corrected chi connectivity index (χ3v) is 5.85. The average Bonchev–Trinajstić information content (AvgIpc) is 2.53. The second-order valence-corrected chi connectivity index (χ2v) is 7.05. The minimum atomic E-state index is -3.33. The molecule has 2 aliphatic rings. The molecule has 5 nitrogen and oxygen atoms in total. The van der Waals surface area contributed by atoms with Gasteiger partial charge in [-0.15, -0.1) is 0 Å². The van der Waals surface area contributed by atoms with Crippen molar-refractivity contribution in [1.29, 1.82) is 0 Å². The number of para-hydroxylation sites is 1. The van der Waals surface area contributed by atoms with Crippen molar-refractivity contribution in [3.8, 4) is 0 Å². The molecule has 1 saturated heterocycles. The Hall–Kier alpha value is -1.40. The van der Waals surface area contributed by atoms with E-state index in [0.717, 1.165) is 5.56 Å². The van der Waals surface area contributed by atoms with Crippen LogP contribution in [0.15, 0.2) is 24.3 Å². The number of sulfonamides is 1. The maximum atomic E-state index is 12.3. The van der Waals surface area contributed by atoms with Gasteiger partial charge in [0.05, 0.1) is 5.75 Å². The minimum absolute atomic E-state index is 0. The summed E-state index contributed by atoms with van der Waals surface area (Å²) in [5.41, 5.74) is 1.56. The first kappa shape index (κ1) is 12.6. The molecule has 2 aliphatic heterocycles. The number of rotatable bonds is 1. The van der Waals surface area contributed by atoms with Crippen molar-refractivity contribution in [3.05, 3.63) is 29.8 Å². The summed E-state index contributed by atoms with van der Waals surface area (Å²) in [6, 6.07) is 6.78. The molecule has 0 aliphatic carbocycles. The van der Waals surface area contributed by atoms with E-state index in [0.29, 0.717) is 12.1 Å². The monoisotopic (exact) mass is 282 g/mol. The Labute approximate surface area is 114 Å². The molecule has 1 fully saturated rings. The average molecular weight is 282 g/mol. The molecule has 1 aromatic rings. The molecule has 0 saturated carbocycles. The highest BCUT2D eigenvalue weighted by Crippen LogP contribution is 2.35. The first-order chi connectivity index (χ1) is 9.03. The summed E-state index contributed by atoms with van der Waals surface area (Å²) in [5.74, 6) is -0.263. The molecule has 2 atom stereocenters. The highest BCUT2D eigenvalue weighted by atomic mass is 32.2. The highest BCUT2D eigenvalue weighted by Gasteiger charge is 2.49. The van der Waals surface area contributed by atoms with Gasteiger partial charge in [0.25, 0.3) is 0 Å².